The molecule has 4 nitrogen and oxygen atoms in total. The Morgan fingerprint density at radius 3 is 2.33 bits per heavy atom. The molecule has 0 saturated heterocycles. The summed E-state index contributed by atoms with van der Waals surface area (Å²) in [6, 6.07) is 6.81. The second-order valence-corrected chi connectivity index (χ2v) is 5.35. The van der Waals surface area contributed by atoms with Crippen LogP contribution in [-0.4, -0.2) is 10.5 Å². The molecule has 1 saturated carbocycles. The van der Waals surface area contributed by atoms with E-state index in [-0.39, 0.29) is 16.1 Å². The van der Waals surface area contributed by atoms with Crippen molar-refractivity contribution in [2.75, 3.05) is 0 Å². The maximum atomic E-state index is 10.6. The van der Waals surface area contributed by atoms with Crippen molar-refractivity contribution in [1.82, 2.24) is 0 Å². The predicted octanol–water partition coefficient (Wildman–Crippen LogP) is 3.19. The first-order valence-electron chi connectivity index (χ1n) is 6.61. The zero-order valence-electron chi connectivity index (χ0n) is 10.6. The van der Waals surface area contributed by atoms with Gasteiger partial charge in [0, 0.05) is 17.7 Å². The van der Waals surface area contributed by atoms with E-state index in [1.165, 1.54) is 19.3 Å². The van der Waals surface area contributed by atoms with E-state index in [1.54, 1.807) is 12.1 Å². The lowest BCUT2D eigenvalue weighted by atomic mass is 9.79. The molecule has 1 fully saturated rings. The van der Waals surface area contributed by atoms with Crippen LogP contribution in [0.2, 0.25) is 0 Å². The highest BCUT2D eigenvalue weighted by Gasteiger charge is 2.26. The Kier molecular flexibility index (Phi) is 3.97. The van der Waals surface area contributed by atoms with Gasteiger partial charge in [-0.15, -0.1) is 0 Å². The van der Waals surface area contributed by atoms with E-state index in [0.717, 1.165) is 31.2 Å². The molecule has 0 radical (unpaired) electrons. The molecule has 0 spiro atoms. The van der Waals surface area contributed by atoms with E-state index < -0.39 is 0 Å². The molecule has 0 unspecified atom stereocenters. The molecule has 18 heavy (non-hydrogen) atoms. The van der Waals surface area contributed by atoms with Crippen molar-refractivity contribution in [3.05, 3.63) is 39.9 Å². The SMILES string of the molecule is NC1(CCc2ccc([N+](=O)[O-])cc2)CCCCC1. The van der Waals surface area contributed by atoms with Gasteiger partial charge in [0.2, 0.25) is 0 Å². The summed E-state index contributed by atoms with van der Waals surface area (Å²) in [5.74, 6) is 0. The maximum Gasteiger partial charge on any atom is 0.269 e. The second kappa shape index (κ2) is 5.48. The summed E-state index contributed by atoms with van der Waals surface area (Å²) in [7, 11) is 0. The average molecular weight is 248 g/mol. The Morgan fingerprint density at radius 2 is 1.78 bits per heavy atom. The number of nitrogens with zero attached hydrogens (tertiary/aromatic N) is 1. The molecule has 1 aromatic carbocycles. The van der Waals surface area contributed by atoms with Crippen LogP contribution in [0.25, 0.3) is 0 Å². The van der Waals surface area contributed by atoms with Gasteiger partial charge in [-0.3, -0.25) is 10.1 Å². The summed E-state index contributed by atoms with van der Waals surface area (Å²) in [6.45, 7) is 0. The minimum absolute atomic E-state index is 0.0139. The normalized spacial score (nSPS) is 18.5. The topological polar surface area (TPSA) is 69.2 Å². The minimum Gasteiger partial charge on any atom is -0.325 e. The molecule has 2 N–H and O–H groups in total. The highest BCUT2D eigenvalue weighted by Crippen LogP contribution is 2.29. The molecule has 98 valence electrons. The van der Waals surface area contributed by atoms with E-state index >= 15 is 0 Å². The van der Waals surface area contributed by atoms with Gasteiger partial charge in [-0.1, -0.05) is 31.4 Å². The van der Waals surface area contributed by atoms with Crippen molar-refractivity contribution in [3.63, 3.8) is 0 Å². The molecule has 0 amide bonds. The Bertz CT molecular complexity index is 408. The Balaban J connectivity index is 1.91. The fraction of sp³-hybridized carbons (Fsp3) is 0.571. The highest BCUT2D eigenvalue weighted by atomic mass is 16.6. The molecule has 0 aromatic heterocycles. The fourth-order valence-corrected chi connectivity index (χ4v) is 2.68. The van der Waals surface area contributed by atoms with Gasteiger partial charge >= 0.3 is 0 Å². The highest BCUT2D eigenvalue weighted by molar-refractivity contribution is 5.33. The van der Waals surface area contributed by atoms with Crippen molar-refractivity contribution in [3.8, 4) is 0 Å². The van der Waals surface area contributed by atoms with E-state index in [1.807, 2.05) is 12.1 Å². The van der Waals surface area contributed by atoms with Crippen LogP contribution < -0.4 is 5.73 Å². The van der Waals surface area contributed by atoms with Gasteiger partial charge in [0.05, 0.1) is 4.92 Å². The second-order valence-electron chi connectivity index (χ2n) is 5.35. The first-order valence-corrected chi connectivity index (χ1v) is 6.61. The van der Waals surface area contributed by atoms with Gasteiger partial charge in [-0.05, 0) is 31.2 Å². The summed E-state index contributed by atoms with van der Waals surface area (Å²) in [5, 5.41) is 10.6. The number of benzene rings is 1. The lowest BCUT2D eigenvalue weighted by molar-refractivity contribution is -0.384. The lowest BCUT2D eigenvalue weighted by Crippen LogP contribution is -2.41. The first-order chi connectivity index (χ1) is 8.59. The zero-order valence-corrected chi connectivity index (χ0v) is 10.6. The van der Waals surface area contributed by atoms with Crippen molar-refractivity contribution < 1.29 is 4.92 Å². The van der Waals surface area contributed by atoms with Crippen LogP contribution >= 0.6 is 0 Å². The number of hydrogen-bond donors (Lipinski definition) is 1. The predicted molar refractivity (Wildman–Crippen MR) is 71.4 cm³/mol. The summed E-state index contributed by atoms with van der Waals surface area (Å²) >= 11 is 0. The lowest BCUT2D eigenvalue weighted by Gasteiger charge is -2.33. The first kappa shape index (κ1) is 13.0. The molecule has 4 heteroatoms. The van der Waals surface area contributed by atoms with Crippen LogP contribution in [0.3, 0.4) is 0 Å². The minimum atomic E-state index is -0.366. The fourth-order valence-electron chi connectivity index (χ4n) is 2.68. The smallest absolute Gasteiger partial charge is 0.269 e. The molecule has 0 heterocycles. The molecule has 2 rings (SSSR count). The number of nitrogens with two attached hydrogens (primary N) is 1. The molecular formula is C14H20N2O2. The van der Waals surface area contributed by atoms with Gasteiger partial charge < -0.3 is 5.73 Å². The molecule has 1 aromatic rings. The molecule has 1 aliphatic rings. The van der Waals surface area contributed by atoms with E-state index in [4.69, 9.17) is 5.73 Å². The third-order valence-corrected chi connectivity index (χ3v) is 3.91. The monoisotopic (exact) mass is 248 g/mol. The van der Waals surface area contributed by atoms with E-state index in [0.29, 0.717) is 0 Å². The molecular weight excluding hydrogens is 228 g/mol. The van der Waals surface area contributed by atoms with Crippen LogP contribution in [0.1, 0.15) is 44.1 Å². The van der Waals surface area contributed by atoms with Crippen LogP contribution in [0.15, 0.2) is 24.3 Å². The van der Waals surface area contributed by atoms with E-state index in [9.17, 15) is 10.1 Å². The summed E-state index contributed by atoms with van der Waals surface area (Å²) < 4.78 is 0. The summed E-state index contributed by atoms with van der Waals surface area (Å²) in [6.07, 6.45) is 7.88. The van der Waals surface area contributed by atoms with Crippen molar-refractivity contribution in [2.45, 2.75) is 50.5 Å². The third kappa shape index (κ3) is 3.29. The largest absolute Gasteiger partial charge is 0.325 e. The maximum absolute atomic E-state index is 10.6. The Morgan fingerprint density at radius 1 is 1.17 bits per heavy atom. The Labute approximate surface area is 107 Å². The van der Waals surface area contributed by atoms with Gasteiger partial charge in [-0.25, -0.2) is 0 Å². The van der Waals surface area contributed by atoms with Gasteiger partial charge in [0.15, 0.2) is 0 Å². The van der Waals surface area contributed by atoms with Crippen LogP contribution in [0.4, 0.5) is 5.69 Å². The molecule has 0 bridgehead atoms. The zero-order chi connectivity index (χ0) is 13.0. The summed E-state index contributed by atoms with van der Waals surface area (Å²) in [5.41, 5.74) is 7.65. The van der Waals surface area contributed by atoms with Gasteiger partial charge in [0.1, 0.15) is 0 Å². The van der Waals surface area contributed by atoms with Crippen molar-refractivity contribution in [2.24, 2.45) is 5.73 Å². The van der Waals surface area contributed by atoms with Crippen LogP contribution in [-0.2, 0) is 6.42 Å². The van der Waals surface area contributed by atoms with Gasteiger partial charge in [0.25, 0.3) is 5.69 Å². The number of aryl methyl sites for hydroxylation is 1. The standard InChI is InChI=1S/C14H20N2O2/c15-14(9-2-1-3-10-14)11-8-12-4-6-13(7-5-12)16(17)18/h4-7H,1-3,8-11,15H2. The molecule has 1 aliphatic carbocycles. The van der Waals surface area contributed by atoms with Crippen LogP contribution in [0.5, 0.6) is 0 Å². The average Bonchev–Trinajstić information content (AvgIpc) is 2.38. The number of rotatable bonds is 4. The number of nitro groups is 1. The van der Waals surface area contributed by atoms with Crippen LogP contribution in [0, 0.1) is 10.1 Å². The molecule has 0 aliphatic heterocycles. The number of non-ortho nitro benzene ring substituents is 1. The number of hydrogen-bond acceptors (Lipinski definition) is 3. The molecule has 0 atom stereocenters. The number of nitro benzene ring substituents is 1. The van der Waals surface area contributed by atoms with Crippen molar-refractivity contribution in [1.29, 1.82) is 0 Å². The third-order valence-electron chi connectivity index (χ3n) is 3.91. The summed E-state index contributed by atoms with van der Waals surface area (Å²) in [4.78, 5) is 10.2. The Hall–Kier alpha value is -1.42. The van der Waals surface area contributed by atoms with Crippen molar-refractivity contribution >= 4 is 5.69 Å². The van der Waals surface area contributed by atoms with E-state index in [2.05, 4.69) is 0 Å². The quantitative estimate of drug-likeness (QED) is 0.657. The van der Waals surface area contributed by atoms with Gasteiger partial charge in [-0.2, -0.15) is 0 Å².